The first-order valence-corrected chi connectivity index (χ1v) is 10.0. The molecule has 2 heterocycles. The smallest absolute Gasteiger partial charge is 0.308 e. The third-order valence-electron chi connectivity index (χ3n) is 5.11. The minimum absolute atomic E-state index is 0.0995. The number of aromatic nitrogens is 3. The van der Waals surface area contributed by atoms with Crippen LogP contribution >= 0.6 is 0 Å². The molecule has 0 unspecified atom stereocenters. The zero-order valence-electron chi connectivity index (χ0n) is 17.8. The van der Waals surface area contributed by atoms with Gasteiger partial charge in [0.25, 0.3) is 0 Å². The first-order chi connectivity index (χ1) is 15.7. The zero-order valence-corrected chi connectivity index (χ0v) is 17.8. The van der Waals surface area contributed by atoms with Gasteiger partial charge in [-0.2, -0.15) is 13.2 Å². The summed E-state index contributed by atoms with van der Waals surface area (Å²) < 4.78 is 41.5. The second-order valence-corrected chi connectivity index (χ2v) is 7.46. The minimum atomic E-state index is -4.50. The number of nitrogens with one attached hydrogen (secondary N) is 2. The molecule has 6 nitrogen and oxygen atoms in total. The van der Waals surface area contributed by atoms with Gasteiger partial charge >= 0.3 is 12.2 Å². The molecule has 33 heavy (non-hydrogen) atoms. The predicted molar refractivity (Wildman–Crippen MR) is 120 cm³/mol. The minimum Gasteiger partial charge on any atom is -0.308 e. The van der Waals surface area contributed by atoms with E-state index in [0.717, 1.165) is 23.1 Å². The van der Waals surface area contributed by atoms with Crippen molar-refractivity contribution in [2.75, 3.05) is 10.6 Å². The number of halogens is 3. The van der Waals surface area contributed by atoms with E-state index in [-0.39, 0.29) is 11.3 Å². The van der Waals surface area contributed by atoms with Gasteiger partial charge in [0.05, 0.1) is 5.56 Å². The monoisotopic (exact) mass is 451 g/mol. The van der Waals surface area contributed by atoms with E-state index in [1.165, 1.54) is 13.0 Å². The number of rotatable bonds is 4. The molecule has 0 spiro atoms. The zero-order chi connectivity index (χ0) is 23.6. The second kappa shape index (κ2) is 8.78. The van der Waals surface area contributed by atoms with Crippen molar-refractivity contribution in [3.05, 3.63) is 90.0 Å². The van der Waals surface area contributed by atoms with Crippen molar-refractivity contribution in [2.45, 2.75) is 20.0 Å². The van der Waals surface area contributed by atoms with Gasteiger partial charge in [-0.3, -0.25) is 9.55 Å². The summed E-state index contributed by atoms with van der Waals surface area (Å²) in [5.74, 6) is 0.742. The normalized spacial score (nSPS) is 11.3. The number of imidazole rings is 1. The number of alkyl halides is 3. The molecule has 4 aromatic rings. The van der Waals surface area contributed by atoms with Crippen LogP contribution < -0.4 is 10.6 Å². The third-order valence-corrected chi connectivity index (χ3v) is 5.11. The average Bonchev–Trinajstić information content (AvgIpc) is 3.26. The summed E-state index contributed by atoms with van der Waals surface area (Å²) in [5.41, 5.74) is 2.18. The molecule has 168 valence electrons. The van der Waals surface area contributed by atoms with Crippen LogP contribution in [0.3, 0.4) is 0 Å². The number of carbonyl (C=O) groups excluding carboxylic acids is 1. The van der Waals surface area contributed by atoms with Crippen molar-refractivity contribution < 1.29 is 18.0 Å². The van der Waals surface area contributed by atoms with Crippen LogP contribution in [0.2, 0.25) is 0 Å². The molecule has 0 bridgehead atoms. The Balaban J connectivity index is 1.49. The Morgan fingerprint density at radius 3 is 2.27 bits per heavy atom. The molecule has 0 aliphatic heterocycles. The van der Waals surface area contributed by atoms with Crippen molar-refractivity contribution in [3.8, 4) is 17.1 Å². The molecule has 9 heteroatoms. The van der Waals surface area contributed by atoms with Crippen LogP contribution in [-0.2, 0) is 6.18 Å². The highest BCUT2D eigenvalue weighted by Crippen LogP contribution is 2.35. The maximum atomic E-state index is 13.2. The van der Waals surface area contributed by atoms with Gasteiger partial charge in [-0.1, -0.05) is 6.07 Å². The number of pyridine rings is 1. The fourth-order valence-corrected chi connectivity index (χ4v) is 3.51. The van der Waals surface area contributed by atoms with Gasteiger partial charge in [0, 0.05) is 47.4 Å². The van der Waals surface area contributed by atoms with Crippen molar-refractivity contribution >= 4 is 17.4 Å². The predicted octanol–water partition coefficient (Wildman–Crippen LogP) is 6.21. The summed E-state index contributed by atoms with van der Waals surface area (Å²) in [6, 6.07) is 12.5. The lowest BCUT2D eigenvalue weighted by atomic mass is 10.0. The first kappa shape index (κ1) is 22.1. The molecule has 0 saturated heterocycles. The van der Waals surface area contributed by atoms with Gasteiger partial charge in [-0.25, -0.2) is 9.78 Å². The maximum Gasteiger partial charge on any atom is 0.416 e. The molecule has 0 saturated carbocycles. The van der Waals surface area contributed by atoms with Gasteiger partial charge in [-0.15, -0.1) is 0 Å². The Bertz CT molecular complexity index is 1280. The molecule has 0 aliphatic carbocycles. The Kier molecular flexibility index (Phi) is 5.87. The standard InChI is InChI=1S/C24H20F3N5O/c1-15-13-16(2)21(14-20(15)24(25,26)27)31-23(33)30-18-3-5-19(6-4-18)32-12-11-29-22(32)17-7-9-28-10-8-17/h3-14H,1-2H3,(H2,30,31,33). The number of benzene rings is 2. The average molecular weight is 451 g/mol. The van der Waals surface area contributed by atoms with Crippen molar-refractivity contribution in [2.24, 2.45) is 0 Å². The molecule has 2 amide bonds. The van der Waals surface area contributed by atoms with Crippen LogP contribution in [0.25, 0.3) is 17.1 Å². The Labute approximate surface area is 188 Å². The molecule has 2 aromatic heterocycles. The molecule has 0 radical (unpaired) electrons. The number of aryl methyl sites for hydroxylation is 2. The fourth-order valence-electron chi connectivity index (χ4n) is 3.51. The van der Waals surface area contributed by atoms with Crippen LogP contribution in [0.1, 0.15) is 16.7 Å². The highest BCUT2D eigenvalue weighted by molar-refractivity contribution is 6.00. The van der Waals surface area contributed by atoms with E-state index < -0.39 is 17.8 Å². The van der Waals surface area contributed by atoms with Crippen LogP contribution in [0, 0.1) is 13.8 Å². The third kappa shape index (κ3) is 4.87. The van der Waals surface area contributed by atoms with Crippen LogP contribution in [0.15, 0.2) is 73.3 Å². The van der Waals surface area contributed by atoms with Crippen molar-refractivity contribution in [1.29, 1.82) is 0 Å². The SMILES string of the molecule is Cc1cc(C)c(C(F)(F)F)cc1NC(=O)Nc1ccc(-n2ccnc2-c2ccncc2)cc1. The Hall–Kier alpha value is -4.14. The molecular formula is C24H20F3N5O. The number of hydrogen-bond acceptors (Lipinski definition) is 3. The summed E-state index contributed by atoms with van der Waals surface area (Å²) in [4.78, 5) is 20.8. The molecule has 2 aromatic carbocycles. The van der Waals surface area contributed by atoms with E-state index in [0.29, 0.717) is 11.3 Å². The molecular weight excluding hydrogens is 431 g/mol. The second-order valence-electron chi connectivity index (χ2n) is 7.46. The van der Waals surface area contributed by atoms with Gasteiger partial charge < -0.3 is 10.6 Å². The number of hydrogen-bond donors (Lipinski definition) is 2. The van der Waals surface area contributed by atoms with Gasteiger partial charge in [0.15, 0.2) is 0 Å². The lowest BCUT2D eigenvalue weighted by Crippen LogP contribution is -2.20. The summed E-state index contributed by atoms with van der Waals surface area (Å²) >= 11 is 0. The molecule has 0 fully saturated rings. The Morgan fingerprint density at radius 2 is 1.61 bits per heavy atom. The van der Waals surface area contributed by atoms with Crippen molar-refractivity contribution in [3.63, 3.8) is 0 Å². The number of amides is 2. The fraction of sp³-hybridized carbons (Fsp3) is 0.125. The lowest BCUT2D eigenvalue weighted by molar-refractivity contribution is -0.138. The Morgan fingerprint density at radius 1 is 0.909 bits per heavy atom. The quantitative estimate of drug-likeness (QED) is 0.387. The topological polar surface area (TPSA) is 71.8 Å². The number of carbonyl (C=O) groups is 1. The van der Waals surface area contributed by atoms with E-state index in [1.807, 2.05) is 22.9 Å². The largest absolute Gasteiger partial charge is 0.416 e. The van der Waals surface area contributed by atoms with E-state index in [1.54, 1.807) is 49.8 Å². The van der Waals surface area contributed by atoms with Crippen molar-refractivity contribution in [1.82, 2.24) is 14.5 Å². The van der Waals surface area contributed by atoms with Crippen LogP contribution in [0.5, 0.6) is 0 Å². The summed E-state index contributed by atoms with van der Waals surface area (Å²) in [7, 11) is 0. The van der Waals surface area contributed by atoms with Gasteiger partial charge in [-0.05, 0) is 67.4 Å². The highest BCUT2D eigenvalue weighted by Gasteiger charge is 2.33. The summed E-state index contributed by atoms with van der Waals surface area (Å²) in [5, 5.41) is 5.14. The van der Waals surface area contributed by atoms with E-state index in [2.05, 4.69) is 20.6 Å². The first-order valence-electron chi connectivity index (χ1n) is 10.0. The summed E-state index contributed by atoms with van der Waals surface area (Å²) in [6.07, 6.45) is 2.39. The van der Waals surface area contributed by atoms with Crippen LogP contribution in [-0.4, -0.2) is 20.6 Å². The molecule has 0 aliphatic rings. The number of nitrogens with zero attached hydrogens (tertiary/aromatic N) is 3. The van der Waals surface area contributed by atoms with Crippen LogP contribution in [0.4, 0.5) is 29.3 Å². The summed E-state index contributed by atoms with van der Waals surface area (Å²) in [6.45, 7) is 3.03. The van der Waals surface area contributed by atoms with Gasteiger partial charge in [0.2, 0.25) is 0 Å². The highest BCUT2D eigenvalue weighted by atomic mass is 19.4. The molecule has 2 N–H and O–H groups in total. The van der Waals surface area contributed by atoms with Gasteiger partial charge in [0.1, 0.15) is 5.82 Å². The van der Waals surface area contributed by atoms with E-state index in [9.17, 15) is 18.0 Å². The number of anilines is 2. The molecule has 4 rings (SSSR count). The molecule has 0 atom stereocenters. The number of urea groups is 1. The van der Waals surface area contributed by atoms with E-state index >= 15 is 0 Å². The van der Waals surface area contributed by atoms with E-state index in [4.69, 9.17) is 0 Å². The lowest BCUT2D eigenvalue weighted by Gasteiger charge is -2.16. The maximum absolute atomic E-state index is 13.2.